The van der Waals surface area contributed by atoms with E-state index in [1.807, 2.05) is 54.6 Å². The van der Waals surface area contributed by atoms with Crippen LogP contribution in [0.15, 0.2) is 30.3 Å². The van der Waals surface area contributed by atoms with Crippen molar-refractivity contribution in [1.82, 2.24) is 15.6 Å². The van der Waals surface area contributed by atoms with Crippen molar-refractivity contribution in [1.29, 1.82) is 0 Å². The lowest BCUT2D eigenvalue weighted by atomic mass is 9.83. The van der Waals surface area contributed by atoms with Crippen LogP contribution in [0, 0.1) is 0 Å². The number of hydrogen-bond acceptors (Lipinski definition) is 3. The van der Waals surface area contributed by atoms with Gasteiger partial charge in [0.15, 0.2) is 0 Å². The highest BCUT2D eigenvalue weighted by Gasteiger charge is 2.49. The summed E-state index contributed by atoms with van der Waals surface area (Å²) >= 11 is 0. The first-order valence-electron chi connectivity index (χ1n) is 5.77. The Balaban J connectivity index is 2.39. The van der Waals surface area contributed by atoms with E-state index in [0.29, 0.717) is 0 Å². The van der Waals surface area contributed by atoms with E-state index in [1.54, 1.807) is 0 Å². The molecule has 2 rings (SSSR count). The average Bonchev–Trinajstić information content (AvgIpc) is 2.50. The third-order valence-corrected chi connectivity index (χ3v) is 3.26. The van der Waals surface area contributed by atoms with Crippen LogP contribution in [-0.2, 0) is 4.79 Å². The molecule has 0 spiro atoms. The lowest BCUT2D eigenvalue weighted by molar-refractivity contribution is -0.127. The zero-order chi connectivity index (χ0) is 12.6. The first-order valence-corrected chi connectivity index (χ1v) is 5.77. The summed E-state index contributed by atoms with van der Waals surface area (Å²) in [6, 6.07) is 9.91. The monoisotopic (exact) mass is 233 g/mol. The number of amides is 1. The van der Waals surface area contributed by atoms with E-state index < -0.39 is 0 Å². The topological polar surface area (TPSA) is 35.6 Å². The van der Waals surface area contributed by atoms with Gasteiger partial charge in [-0.05, 0) is 19.4 Å². The predicted octanol–water partition coefficient (Wildman–Crippen LogP) is 1.37. The van der Waals surface area contributed by atoms with Gasteiger partial charge in [-0.25, -0.2) is 5.01 Å². The van der Waals surface area contributed by atoms with Gasteiger partial charge in [-0.3, -0.25) is 10.2 Å². The molecule has 4 nitrogen and oxygen atoms in total. The number of nitrogens with zero attached hydrogens (tertiary/aromatic N) is 2. The minimum absolute atomic E-state index is 0.0508. The molecule has 1 saturated heterocycles. The highest BCUT2D eigenvalue weighted by Crippen LogP contribution is 2.37. The van der Waals surface area contributed by atoms with Crippen molar-refractivity contribution >= 4 is 5.91 Å². The van der Waals surface area contributed by atoms with Crippen LogP contribution in [0.2, 0.25) is 0 Å². The van der Waals surface area contributed by atoms with E-state index in [1.165, 1.54) is 0 Å². The number of carbonyl (C=O) groups is 1. The lowest BCUT2D eigenvalue weighted by Crippen LogP contribution is -2.53. The summed E-state index contributed by atoms with van der Waals surface area (Å²) in [4.78, 5) is 12.1. The Labute approximate surface area is 102 Å². The maximum absolute atomic E-state index is 12.1. The van der Waals surface area contributed by atoms with Gasteiger partial charge in [0.2, 0.25) is 5.91 Å². The van der Waals surface area contributed by atoms with Crippen molar-refractivity contribution in [2.75, 3.05) is 14.1 Å². The highest BCUT2D eigenvalue weighted by atomic mass is 16.2. The van der Waals surface area contributed by atoms with Crippen LogP contribution >= 0.6 is 0 Å². The van der Waals surface area contributed by atoms with Gasteiger partial charge >= 0.3 is 0 Å². The van der Waals surface area contributed by atoms with Gasteiger partial charge in [0.1, 0.15) is 0 Å². The molecule has 0 saturated carbocycles. The normalized spacial score (nSPS) is 24.1. The van der Waals surface area contributed by atoms with Crippen molar-refractivity contribution in [3.8, 4) is 0 Å². The number of hydrazine groups is 2. The summed E-state index contributed by atoms with van der Waals surface area (Å²) < 4.78 is 0. The lowest BCUT2D eigenvalue weighted by Gasteiger charge is -2.37. The molecular weight excluding hydrogens is 214 g/mol. The molecule has 1 N–H and O–H groups in total. The SMILES string of the molecule is CN(C)N1NC(=O)C(c2ccccc2)C1(C)C. The number of nitrogens with one attached hydrogen (secondary N) is 1. The first kappa shape index (κ1) is 12.1. The summed E-state index contributed by atoms with van der Waals surface area (Å²) in [6.45, 7) is 4.14. The maximum Gasteiger partial charge on any atom is 0.244 e. The molecule has 0 radical (unpaired) electrons. The second-order valence-electron chi connectivity index (χ2n) is 5.13. The van der Waals surface area contributed by atoms with E-state index in [2.05, 4.69) is 19.3 Å². The molecule has 92 valence electrons. The minimum atomic E-state index is -0.276. The van der Waals surface area contributed by atoms with Crippen LogP contribution in [-0.4, -0.2) is 35.7 Å². The predicted molar refractivity (Wildman–Crippen MR) is 66.9 cm³/mol. The fourth-order valence-electron chi connectivity index (χ4n) is 2.58. The Morgan fingerprint density at radius 3 is 2.29 bits per heavy atom. The van der Waals surface area contributed by atoms with Crippen LogP contribution in [0.5, 0.6) is 0 Å². The Morgan fingerprint density at radius 1 is 1.24 bits per heavy atom. The van der Waals surface area contributed by atoms with E-state index in [-0.39, 0.29) is 17.4 Å². The molecule has 17 heavy (non-hydrogen) atoms. The summed E-state index contributed by atoms with van der Waals surface area (Å²) in [6.07, 6.45) is 0. The van der Waals surface area contributed by atoms with Crippen LogP contribution in [0.1, 0.15) is 25.3 Å². The average molecular weight is 233 g/mol. The fraction of sp³-hybridized carbons (Fsp3) is 0.462. The third kappa shape index (κ3) is 1.94. The quantitative estimate of drug-likeness (QED) is 0.838. The van der Waals surface area contributed by atoms with Gasteiger partial charge in [0.25, 0.3) is 0 Å². The van der Waals surface area contributed by atoms with Gasteiger partial charge in [0, 0.05) is 14.1 Å². The van der Waals surface area contributed by atoms with Crippen molar-refractivity contribution in [3.63, 3.8) is 0 Å². The smallest absolute Gasteiger partial charge is 0.244 e. The number of carbonyl (C=O) groups excluding carboxylic acids is 1. The second kappa shape index (κ2) is 4.13. The van der Waals surface area contributed by atoms with Gasteiger partial charge in [-0.1, -0.05) is 30.3 Å². The zero-order valence-electron chi connectivity index (χ0n) is 10.8. The van der Waals surface area contributed by atoms with Gasteiger partial charge in [0.05, 0.1) is 11.5 Å². The molecule has 0 aromatic heterocycles. The molecular formula is C13H19N3O. The standard InChI is InChI=1S/C13H19N3O/c1-13(2)11(10-8-6-5-7-9-10)12(17)14-16(13)15(3)4/h5-9,11H,1-4H3,(H,14,17). The Kier molecular flexibility index (Phi) is 2.93. The van der Waals surface area contributed by atoms with Crippen molar-refractivity contribution in [2.45, 2.75) is 25.3 Å². The Hall–Kier alpha value is -1.39. The van der Waals surface area contributed by atoms with E-state index in [4.69, 9.17) is 0 Å². The van der Waals surface area contributed by atoms with Crippen LogP contribution < -0.4 is 5.43 Å². The zero-order valence-corrected chi connectivity index (χ0v) is 10.8. The third-order valence-electron chi connectivity index (χ3n) is 3.26. The van der Waals surface area contributed by atoms with Gasteiger partial charge < -0.3 is 0 Å². The van der Waals surface area contributed by atoms with Crippen LogP contribution in [0.4, 0.5) is 0 Å². The molecule has 0 bridgehead atoms. The summed E-state index contributed by atoms with van der Waals surface area (Å²) in [5.74, 6) is -0.0963. The molecule has 1 aliphatic heterocycles. The fourth-order valence-corrected chi connectivity index (χ4v) is 2.58. The Bertz CT molecular complexity index is 414. The van der Waals surface area contributed by atoms with Crippen molar-refractivity contribution in [3.05, 3.63) is 35.9 Å². The van der Waals surface area contributed by atoms with Crippen molar-refractivity contribution in [2.24, 2.45) is 0 Å². The van der Waals surface area contributed by atoms with E-state index in [9.17, 15) is 4.79 Å². The van der Waals surface area contributed by atoms with Crippen LogP contribution in [0.25, 0.3) is 0 Å². The molecule has 1 amide bonds. The Morgan fingerprint density at radius 2 is 1.82 bits per heavy atom. The molecule has 0 aliphatic carbocycles. The molecule has 1 heterocycles. The largest absolute Gasteiger partial charge is 0.274 e. The van der Waals surface area contributed by atoms with E-state index >= 15 is 0 Å². The highest BCUT2D eigenvalue weighted by molar-refractivity contribution is 5.87. The molecule has 1 aromatic rings. The van der Waals surface area contributed by atoms with Gasteiger partial charge in [-0.2, -0.15) is 0 Å². The number of benzene rings is 1. The second-order valence-corrected chi connectivity index (χ2v) is 5.13. The van der Waals surface area contributed by atoms with Crippen molar-refractivity contribution < 1.29 is 4.79 Å². The maximum atomic E-state index is 12.1. The molecule has 1 unspecified atom stereocenters. The molecule has 1 fully saturated rings. The molecule has 1 aromatic carbocycles. The summed E-state index contributed by atoms with van der Waals surface area (Å²) in [5, 5.41) is 3.79. The van der Waals surface area contributed by atoms with Crippen LogP contribution in [0.3, 0.4) is 0 Å². The minimum Gasteiger partial charge on any atom is -0.274 e. The molecule has 1 aliphatic rings. The summed E-state index contributed by atoms with van der Waals surface area (Å²) in [5.41, 5.74) is 3.69. The van der Waals surface area contributed by atoms with E-state index in [0.717, 1.165) is 5.56 Å². The van der Waals surface area contributed by atoms with Gasteiger partial charge in [-0.15, -0.1) is 5.12 Å². The molecule has 1 atom stereocenters. The molecule has 4 heteroatoms. The number of rotatable bonds is 2. The number of hydrogen-bond donors (Lipinski definition) is 1. The summed E-state index contributed by atoms with van der Waals surface area (Å²) in [7, 11) is 3.85. The first-order chi connectivity index (χ1) is 7.94.